The summed E-state index contributed by atoms with van der Waals surface area (Å²) in [4.78, 5) is 71.6. The summed E-state index contributed by atoms with van der Waals surface area (Å²) in [5.41, 5.74) is 6.10. The molecule has 0 fully saturated rings. The monoisotopic (exact) mass is 782 g/mol. The maximum Gasteiger partial charge on any atom is 0.271 e. The Bertz CT molecular complexity index is 2830. The number of rotatable bonds is 12. The fourth-order valence-corrected chi connectivity index (χ4v) is 7.20. The van der Waals surface area contributed by atoms with Crippen LogP contribution in [0.25, 0.3) is 55.6 Å². The minimum absolute atomic E-state index is 0.0476. The number of amides is 2. The Balaban J connectivity index is 0.950. The van der Waals surface area contributed by atoms with Crippen molar-refractivity contribution in [3.8, 4) is 22.6 Å². The molecule has 3 aromatic heterocycles. The van der Waals surface area contributed by atoms with Gasteiger partial charge in [-0.2, -0.15) is 0 Å². The molecular weight excluding hydrogens is 757 g/mol. The number of fused-ring (bicyclic) bond motifs is 3. The lowest BCUT2D eigenvalue weighted by Gasteiger charge is -2.12. The minimum atomic E-state index is -0.477. The summed E-state index contributed by atoms with van der Waals surface area (Å²) in [6.45, 7) is 0. The van der Waals surface area contributed by atoms with Gasteiger partial charge in [-0.25, -0.2) is 19.9 Å². The number of carbonyl (C=O) groups excluding carboxylic acids is 2. The molecular formula is C38H26N10O6S2. The number of nitro benzene ring substituents is 2. The fraction of sp³-hybridized carbons (Fsp3) is 0.0526. The van der Waals surface area contributed by atoms with Crippen LogP contribution < -0.4 is 10.6 Å². The number of hydrogen-bond acceptors (Lipinski definition) is 12. The Labute approximate surface area is 323 Å². The van der Waals surface area contributed by atoms with E-state index in [1.807, 2.05) is 54.6 Å². The van der Waals surface area contributed by atoms with Gasteiger partial charge in [0.1, 0.15) is 0 Å². The molecule has 3 heterocycles. The molecule has 0 bridgehead atoms. The number of imidazole rings is 2. The van der Waals surface area contributed by atoms with Gasteiger partial charge in [-0.1, -0.05) is 53.9 Å². The summed E-state index contributed by atoms with van der Waals surface area (Å²) >= 11 is 2.36. The van der Waals surface area contributed by atoms with Crippen LogP contribution in [0.15, 0.2) is 120 Å². The summed E-state index contributed by atoms with van der Waals surface area (Å²) in [6.07, 6.45) is 0. The zero-order chi connectivity index (χ0) is 38.8. The number of aromatic amines is 2. The summed E-state index contributed by atoms with van der Waals surface area (Å²) in [6, 6.07) is 30.9. The average Bonchev–Trinajstić information content (AvgIpc) is 3.82. The highest BCUT2D eigenvalue weighted by atomic mass is 32.2. The van der Waals surface area contributed by atoms with Crippen LogP contribution in [-0.4, -0.2) is 63.1 Å². The van der Waals surface area contributed by atoms with Crippen LogP contribution in [0, 0.1) is 20.2 Å². The molecule has 5 aromatic carbocycles. The van der Waals surface area contributed by atoms with Crippen LogP contribution in [-0.2, 0) is 9.59 Å². The Morgan fingerprint density at radius 3 is 1.70 bits per heavy atom. The van der Waals surface area contributed by atoms with Crippen LogP contribution in [0.2, 0.25) is 0 Å². The Morgan fingerprint density at radius 1 is 0.589 bits per heavy atom. The molecule has 2 amide bonds. The second-order valence-electron chi connectivity index (χ2n) is 12.2. The minimum Gasteiger partial charge on any atom is -0.333 e. The standard InChI is InChI=1S/C38H26N10O6S2/c49-33(19-55-37-42-29-14-11-25(47(51)52)17-31(29)44-37)39-23-8-6-22(7-9-23)36-41-28-13-10-24(16-27(28)35(46-36)21-4-2-1-3-5-21)40-34(50)20-56-38-43-30-15-12-26(48(53)54)18-32(30)45-38/h1-18H,19-20H2,(H,39,49)(H,40,50)(H,42,44)(H,43,45). The first kappa shape index (κ1) is 35.8. The van der Waals surface area contributed by atoms with Crippen molar-refractivity contribution in [2.24, 2.45) is 0 Å². The number of thioether (sulfide) groups is 2. The van der Waals surface area contributed by atoms with Crippen molar-refractivity contribution in [2.45, 2.75) is 10.3 Å². The molecule has 0 unspecified atom stereocenters. The third-order valence-corrected chi connectivity index (χ3v) is 10.2. The van der Waals surface area contributed by atoms with Crippen LogP contribution in [0.1, 0.15) is 0 Å². The van der Waals surface area contributed by atoms with E-state index in [9.17, 15) is 29.8 Å². The topological polar surface area (TPSA) is 228 Å². The Morgan fingerprint density at radius 2 is 1.12 bits per heavy atom. The zero-order valence-corrected chi connectivity index (χ0v) is 30.4. The summed E-state index contributed by atoms with van der Waals surface area (Å²) in [5.74, 6) is 0.0558. The molecule has 0 radical (unpaired) electrons. The summed E-state index contributed by atoms with van der Waals surface area (Å²) in [5, 5.41) is 29.7. The molecule has 0 saturated carbocycles. The van der Waals surface area contributed by atoms with Gasteiger partial charge in [0.15, 0.2) is 16.1 Å². The number of carbonyl (C=O) groups is 2. The number of H-pyrrole nitrogens is 2. The van der Waals surface area contributed by atoms with Crippen LogP contribution in [0.4, 0.5) is 22.7 Å². The summed E-state index contributed by atoms with van der Waals surface area (Å²) in [7, 11) is 0. The van der Waals surface area contributed by atoms with Crippen molar-refractivity contribution in [2.75, 3.05) is 22.1 Å². The first-order valence-corrected chi connectivity index (χ1v) is 18.7. The van der Waals surface area contributed by atoms with Gasteiger partial charge in [0, 0.05) is 52.2 Å². The van der Waals surface area contributed by atoms with Gasteiger partial charge < -0.3 is 20.6 Å². The molecule has 0 saturated heterocycles. The third-order valence-electron chi connectivity index (χ3n) is 8.44. The van der Waals surface area contributed by atoms with Crippen LogP contribution in [0.3, 0.4) is 0 Å². The van der Waals surface area contributed by atoms with Crippen molar-refractivity contribution < 1.29 is 19.4 Å². The highest BCUT2D eigenvalue weighted by Gasteiger charge is 2.16. The maximum absolute atomic E-state index is 13.0. The van der Waals surface area contributed by atoms with Crippen molar-refractivity contribution in [3.63, 3.8) is 0 Å². The van der Waals surface area contributed by atoms with Gasteiger partial charge in [0.05, 0.1) is 54.6 Å². The molecule has 0 atom stereocenters. The van der Waals surface area contributed by atoms with E-state index in [2.05, 4.69) is 30.6 Å². The van der Waals surface area contributed by atoms with E-state index in [0.29, 0.717) is 60.8 Å². The van der Waals surface area contributed by atoms with Crippen LogP contribution >= 0.6 is 23.5 Å². The largest absolute Gasteiger partial charge is 0.333 e. The van der Waals surface area contributed by atoms with E-state index in [0.717, 1.165) is 16.5 Å². The second kappa shape index (κ2) is 15.3. The molecule has 8 aromatic rings. The highest BCUT2D eigenvalue weighted by molar-refractivity contribution is 8.00. The lowest BCUT2D eigenvalue weighted by Crippen LogP contribution is -2.14. The first-order chi connectivity index (χ1) is 27.1. The average molecular weight is 783 g/mol. The van der Waals surface area contributed by atoms with E-state index in [4.69, 9.17) is 9.97 Å². The van der Waals surface area contributed by atoms with Crippen molar-refractivity contribution in [1.29, 1.82) is 0 Å². The normalized spacial score (nSPS) is 11.2. The number of anilines is 2. The zero-order valence-electron chi connectivity index (χ0n) is 28.8. The predicted molar refractivity (Wildman–Crippen MR) is 215 cm³/mol. The molecule has 56 heavy (non-hydrogen) atoms. The number of hydrogen-bond donors (Lipinski definition) is 4. The number of nitro groups is 2. The number of non-ortho nitro benzene ring substituents is 2. The van der Waals surface area contributed by atoms with Gasteiger partial charge >= 0.3 is 0 Å². The molecule has 276 valence electrons. The Kier molecular flexibility index (Phi) is 9.78. The van der Waals surface area contributed by atoms with E-state index in [1.165, 1.54) is 47.8 Å². The summed E-state index contributed by atoms with van der Waals surface area (Å²) < 4.78 is 0. The number of benzene rings is 5. The molecule has 0 spiro atoms. The Hall–Kier alpha value is -7.18. The lowest BCUT2D eigenvalue weighted by atomic mass is 10.0. The van der Waals surface area contributed by atoms with Gasteiger partial charge in [0.25, 0.3) is 11.4 Å². The molecule has 4 N–H and O–H groups in total. The second-order valence-corrected chi connectivity index (χ2v) is 14.2. The highest BCUT2D eigenvalue weighted by Crippen LogP contribution is 2.32. The quantitative estimate of drug-likeness (QED) is 0.0525. The molecule has 0 aliphatic carbocycles. The van der Waals surface area contributed by atoms with E-state index >= 15 is 0 Å². The van der Waals surface area contributed by atoms with E-state index < -0.39 is 9.85 Å². The molecule has 16 nitrogen and oxygen atoms in total. The van der Waals surface area contributed by atoms with Crippen molar-refractivity contribution >= 4 is 91.1 Å². The lowest BCUT2D eigenvalue weighted by molar-refractivity contribution is -0.384. The SMILES string of the molecule is O=C(CSc1nc2ccc([N+](=O)[O-])cc2[nH]1)Nc1ccc(-c2nc(-c3ccccc3)c3cc(NC(=O)CSc4nc5ccc([N+](=O)[O-])cc5[nH]4)ccc3n2)cc1. The van der Waals surface area contributed by atoms with E-state index in [-0.39, 0.29) is 34.7 Å². The number of nitrogens with one attached hydrogen (secondary N) is 4. The van der Waals surface area contributed by atoms with Gasteiger partial charge in [-0.3, -0.25) is 29.8 Å². The van der Waals surface area contributed by atoms with Gasteiger partial charge in [-0.05, 0) is 54.6 Å². The smallest absolute Gasteiger partial charge is 0.271 e. The molecule has 8 rings (SSSR count). The van der Waals surface area contributed by atoms with Gasteiger partial charge in [-0.15, -0.1) is 0 Å². The predicted octanol–water partition coefficient (Wildman–Crippen LogP) is 7.99. The number of nitrogens with zero attached hydrogens (tertiary/aromatic N) is 6. The van der Waals surface area contributed by atoms with Gasteiger partial charge in [0.2, 0.25) is 11.8 Å². The molecule has 18 heteroatoms. The van der Waals surface area contributed by atoms with Crippen molar-refractivity contribution in [3.05, 3.63) is 129 Å². The first-order valence-electron chi connectivity index (χ1n) is 16.8. The third kappa shape index (κ3) is 7.86. The fourth-order valence-electron chi connectivity index (χ4n) is 5.83. The van der Waals surface area contributed by atoms with Crippen molar-refractivity contribution in [1.82, 2.24) is 29.9 Å². The maximum atomic E-state index is 13.0. The van der Waals surface area contributed by atoms with Crippen LogP contribution in [0.5, 0.6) is 0 Å². The van der Waals surface area contributed by atoms with E-state index in [1.54, 1.807) is 30.3 Å². The number of aromatic nitrogens is 6. The molecule has 0 aliphatic rings. The molecule has 0 aliphatic heterocycles.